The second-order valence-electron chi connectivity index (χ2n) is 3.84. The highest BCUT2D eigenvalue weighted by molar-refractivity contribution is 7.11. The fourth-order valence-electron chi connectivity index (χ4n) is 1.63. The number of fused-ring (bicyclic) bond motifs is 1. The van der Waals surface area contributed by atoms with Crippen molar-refractivity contribution in [1.82, 2.24) is 13.5 Å². The highest BCUT2D eigenvalue weighted by Crippen LogP contribution is 2.23. The molecule has 0 atom stereocenters. The molecule has 2 aromatic rings. The summed E-state index contributed by atoms with van der Waals surface area (Å²) < 4.78 is 6.66. The first-order valence-corrected chi connectivity index (χ1v) is 6.14. The molecule has 2 aromatic heterocycles. The second kappa shape index (κ2) is 4.33. The number of aryl methyl sites for hydroxylation is 1. The van der Waals surface area contributed by atoms with Crippen LogP contribution < -0.4 is 16.6 Å². The molecule has 1 N–H and O–H groups in total. The summed E-state index contributed by atoms with van der Waals surface area (Å²) >= 11 is 1.21. The molecule has 0 aliphatic heterocycles. The molecular weight excluding hydrogens is 240 g/mol. The molecule has 17 heavy (non-hydrogen) atoms. The summed E-state index contributed by atoms with van der Waals surface area (Å²) in [5.41, 5.74) is -0.202. The number of hydrogen-bond acceptors (Lipinski definition) is 5. The van der Waals surface area contributed by atoms with Crippen molar-refractivity contribution in [2.24, 2.45) is 14.1 Å². The number of hydrogen-bond donors (Lipinski definition) is 1. The van der Waals surface area contributed by atoms with Gasteiger partial charge >= 0.3 is 5.69 Å². The fraction of sp³-hybridized carbons (Fsp3) is 0.500. The van der Waals surface area contributed by atoms with Gasteiger partial charge in [-0.3, -0.25) is 13.9 Å². The molecule has 2 rings (SSSR count). The normalized spacial score (nSPS) is 11.0. The van der Waals surface area contributed by atoms with E-state index in [0.717, 1.165) is 22.5 Å². The molecule has 6 nitrogen and oxygen atoms in total. The first kappa shape index (κ1) is 11.8. The molecule has 0 spiro atoms. The van der Waals surface area contributed by atoms with Crippen LogP contribution in [0.15, 0.2) is 9.59 Å². The summed E-state index contributed by atoms with van der Waals surface area (Å²) in [4.78, 5) is 23.7. The van der Waals surface area contributed by atoms with Crippen LogP contribution in [0.25, 0.3) is 11.0 Å². The van der Waals surface area contributed by atoms with Crippen molar-refractivity contribution in [2.75, 3.05) is 11.9 Å². The Bertz CT molecular complexity index is 667. The Balaban J connectivity index is 2.77. The van der Waals surface area contributed by atoms with Gasteiger partial charge in [-0.15, -0.1) is 0 Å². The number of nitrogens with one attached hydrogen (secondary N) is 1. The van der Waals surface area contributed by atoms with E-state index in [1.165, 1.54) is 23.1 Å². The number of aromatic nitrogens is 3. The van der Waals surface area contributed by atoms with Crippen molar-refractivity contribution in [3.05, 3.63) is 20.8 Å². The molecule has 0 aromatic carbocycles. The average Bonchev–Trinajstić information content (AvgIpc) is 2.75. The molecule has 7 heteroatoms. The fourth-order valence-corrected chi connectivity index (χ4v) is 2.46. The Labute approximate surface area is 102 Å². The quantitative estimate of drug-likeness (QED) is 0.866. The molecular formula is C10H14N4O2S. The molecule has 0 bridgehead atoms. The summed E-state index contributed by atoms with van der Waals surface area (Å²) in [6, 6.07) is 0. The highest BCUT2D eigenvalue weighted by atomic mass is 32.1. The smallest absolute Gasteiger partial charge is 0.332 e. The largest absolute Gasteiger partial charge is 0.375 e. The zero-order valence-corrected chi connectivity index (χ0v) is 10.8. The summed E-state index contributed by atoms with van der Waals surface area (Å²) in [6.45, 7) is 2.83. The van der Waals surface area contributed by atoms with E-state index in [2.05, 4.69) is 9.69 Å². The molecule has 2 heterocycles. The number of nitrogens with zero attached hydrogens (tertiary/aromatic N) is 3. The third kappa shape index (κ3) is 1.76. The lowest BCUT2D eigenvalue weighted by atomic mass is 10.4. The van der Waals surface area contributed by atoms with Crippen LogP contribution in [-0.4, -0.2) is 20.1 Å². The topological polar surface area (TPSA) is 68.9 Å². The maximum absolute atomic E-state index is 12.0. The van der Waals surface area contributed by atoms with Gasteiger partial charge in [0.1, 0.15) is 10.4 Å². The zero-order chi connectivity index (χ0) is 12.6. The van der Waals surface area contributed by atoms with E-state index in [1.807, 2.05) is 6.92 Å². The van der Waals surface area contributed by atoms with Gasteiger partial charge in [-0.25, -0.2) is 4.79 Å². The maximum Gasteiger partial charge on any atom is 0.332 e. The van der Waals surface area contributed by atoms with Gasteiger partial charge in [-0.1, -0.05) is 6.92 Å². The van der Waals surface area contributed by atoms with E-state index < -0.39 is 0 Å². The highest BCUT2D eigenvalue weighted by Gasteiger charge is 2.15. The van der Waals surface area contributed by atoms with E-state index >= 15 is 0 Å². The van der Waals surface area contributed by atoms with Crippen LogP contribution in [0.5, 0.6) is 0 Å². The molecule has 92 valence electrons. The molecule has 0 radical (unpaired) electrons. The number of anilines is 1. The van der Waals surface area contributed by atoms with E-state index in [0.29, 0.717) is 11.0 Å². The van der Waals surface area contributed by atoms with Crippen LogP contribution in [0.1, 0.15) is 13.3 Å². The van der Waals surface area contributed by atoms with Crippen LogP contribution in [-0.2, 0) is 14.1 Å². The van der Waals surface area contributed by atoms with Crippen LogP contribution in [0.2, 0.25) is 0 Å². The third-order valence-corrected chi connectivity index (χ3v) is 3.41. The molecule has 0 saturated carbocycles. The Morgan fingerprint density at radius 1 is 1.29 bits per heavy atom. The van der Waals surface area contributed by atoms with Crippen molar-refractivity contribution >= 4 is 27.6 Å². The lowest BCUT2D eigenvalue weighted by molar-refractivity contribution is 0.710. The Kier molecular flexibility index (Phi) is 3.01. The SMILES string of the molecule is CCCNc1snc2c1c(=O)n(C)c(=O)n2C. The molecule has 0 amide bonds. The van der Waals surface area contributed by atoms with Gasteiger partial charge in [0.2, 0.25) is 0 Å². The predicted octanol–water partition coefficient (Wildman–Crippen LogP) is 0.516. The van der Waals surface area contributed by atoms with Gasteiger partial charge in [0.25, 0.3) is 5.56 Å². The van der Waals surface area contributed by atoms with E-state index in [4.69, 9.17) is 0 Å². The lowest BCUT2D eigenvalue weighted by Crippen LogP contribution is -2.36. The first-order valence-electron chi connectivity index (χ1n) is 5.37. The molecule has 0 saturated heterocycles. The Morgan fingerprint density at radius 3 is 2.65 bits per heavy atom. The molecule has 0 aliphatic carbocycles. The van der Waals surface area contributed by atoms with Crippen LogP contribution in [0.3, 0.4) is 0 Å². The monoisotopic (exact) mass is 254 g/mol. The molecule has 0 aliphatic rings. The first-order chi connectivity index (χ1) is 8.07. The van der Waals surface area contributed by atoms with Crippen molar-refractivity contribution < 1.29 is 0 Å². The zero-order valence-electron chi connectivity index (χ0n) is 9.98. The minimum absolute atomic E-state index is 0.296. The van der Waals surface area contributed by atoms with Crippen molar-refractivity contribution in [3.63, 3.8) is 0 Å². The van der Waals surface area contributed by atoms with Crippen molar-refractivity contribution in [2.45, 2.75) is 13.3 Å². The Morgan fingerprint density at radius 2 is 2.00 bits per heavy atom. The summed E-state index contributed by atoms with van der Waals surface area (Å²) in [5.74, 6) is 0. The summed E-state index contributed by atoms with van der Waals surface area (Å²) in [7, 11) is 3.10. The van der Waals surface area contributed by atoms with Gasteiger partial charge in [0.05, 0.1) is 0 Å². The van der Waals surface area contributed by atoms with E-state index in [9.17, 15) is 9.59 Å². The van der Waals surface area contributed by atoms with Crippen molar-refractivity contribution in [3.8, 4) is 0 Å². The second-order valence-corrected chi connectivity index (χ2v) is 4.62. The summed E-state index contributed by atoms with van der Waals surface area (Å²) in [6.07, 6.45) is 0.964. The standard InChI is InChI=1S/C10H14N4O2S/c1-4-5-11-8-6-7(12-17-8)13(2)10(16)14(3)9(6)15/h11H,4-5H2,1-3H3. The minimum atomic E-state index is -0.352. The van der Waals surface area contributed by atoms with Gasteiger partial charge in [0.15, 0.2) is 5.65 Å². The number of rotatable bonds is 3. The summed E-state index contributed by atoms with van der Waals surface area (Å²) in [5, 5.41) is 4.39. The molecule has 0 fully saturated rings. The third-order valence-electron chi connectivity index (χ3n) is 2.62. The van der Waals surface area contributed by atoms with Gasteiger partial charge in [-0.05, 0) is 18.0 Å². The van der Waals surface area contributed by atoms with Gasteiger partial charge in [0, 0.05) is 20.6 Å². The van der Waals surface area contributed by atoms with Gasteiger partial charge < -0.3 is 5.32 Å². The van der Waals surface area contributed by atoms with Crippen LogP contribution in [0.4, 0.5) is 5.00 Å². The van der Waals surface area contributed by atoms with E-state index in [-0.39, 0.29) is 11.2 Å². The predicted molar refractivity (Wildman–Crippen MR) is 68.9 cm³/mol. The lowest BCUT2D eigenvalue weighted by Gasteiger charge is -2.04. The Hall–Kier alpha value is -1.63. The van der Waals surface area contributed by atoms with E-state index in [1.54, 1.807) is 7.05 Å². The van der Waals surface area contributed by atoms with Crippen LogP contribution >= 0.6 is 11.5 Å². The average molecular weight is 254 g/mol. The van der Waals surface area contributed by atoms with Crippen molar-refractivity contribution in [1.29, 1.82) is 0 Å². The minimum Gasteiger partial charge on any atom is -0.375 e. The van der Waals surface area contributed by atoms with Gasteiger partial charge in [-0.2, -0.15) is 4.37 Å². The molecule has 0 unspecified atom stereocenters. The van der Waals surface area contributed by atoms with Crippen LogP contribution in [0, 0.1) is 0 Å². The maximum atomic E-state index is 12.0.